The van der Waals surface area contributed by atoms with Crippen LogP contribution in [0.15, 0.2) is 24.3 Å². The number of hydrogen-bond donors (Lipinski definition) is 3. The van der Waals surface area contributed by atoms with Crippen LogP contribution in [0.2, 0.25) is 5.02 Å². The monoisotopic (exact) mass is 378 g/mol. The van der Waals surface area contributed by atoms with E-state index in [1.165, 1.54) is 12.1 Å². The van der Waals surface area contributed by atoms with Gasteiger partial charge in [-0.3, -0.25) is 14.9 Å². The quantitative estimate of drug-likeness (QED) is 0.366. The maximum absolute atomic E-state index is 12.1. The highest BCUT2D eigenvalue weighted by Crippen LogP contribution is 2.22. The highest BCUT2D eigenvalue weighted by Gasteiger charge is 2.14. The van der Waals surface area contributed by atoms with Crippen molar-refractivity contribution in [3.8, 4) is 0 Å². The maximum atomic E-state index is 12.1. The lowest BCUT2D eigenvalue weighted by molar-refractivity contribution is -0.384. The number of aryl methyl sites for hydroxylation is 1. The Bertz CT molecular complexity index is 815. The second-order valence-corrected chi connectivity index (χ2v) is 5.73. The number of non-ortho nitro benzene ring substituents is 1. The molecular formula is C16H19ClN6O3. The Hall–Kier alpha value is -2.94. The van der Waals surface area contributed by atoms with E-state index < -0.39 is 10.8 Å². The van der Waals surface area contributed by atoms with Crippen molar-refractivity contribution < 1.29 is 9.72 Å². The SMILES string of the molecule is CCNc1cc(NCCNC(=O)c2ccc([N+](=O)[O-])cc2Cl)nc(C)n1. The van der Waals surface area contributed by atoms with Gasteiger partial charge in [0.15, 0.2) is 0 Å². The van der Waals surface area contributed by atoms with Crippen LogP contribution in [0.1, 0.15) is 23.1 Å². The van der Waals surface area contributed by atoms with Gasteiger partial charge in [-0.2, -0.15) is 0 Å². The van der Waals surface area contributed by atoms with Crippen molar-refractivity contribution >= 4 is 34.8 Å². The fourth-order valence-electron chi connectivity index (χ4n) is 2.19. The van der Waals surface area contributed by atoms with Gasteiger partial charge in [0.2, 0.25) is 0 Å². The molecule has 0 atom stereocenters. The Morgan fingerprint density at radius 2 is 1.88 bits per heavy atom. The molecule has 2 aromatic rings. The van der Waals surface area contributed by atoms with E-state index in [-0.39, 0.29) is 16.3 Å². The minimum atomic E-state index is -0.567. The van der Waals surface area contributed by atoms with Crippen molar-refractivity contribution in [2.24, 2.45) is 0 Å². The molecule has 0 aliphatic carbocycles. The Balaban J connectivity index is 1.88. The first-order chi connectivity index (χ1) is 12.4. The van der Waals surface area contributed by atoms with Gasteiger partial charge in [0.05, 0.1) is 15.5 Å². The van der Waals surface area contributed by atoms with Crippen molar-refractivity contribution in [3.05, 3.63) is 50.8 Å². The number of anilines is 2. The van der Waals surface area contributed by atoms with E-state index in [2.05, 4.69) is 25.9 Å². The smallest absolute Gasteiger partial charge is 0.270 e. The summed E-state index contributed by atoms with van der Waals surface area (Å²) < 4.78 is 0. The van der Waals surface area contributed by atoms with Crippen molar-refractivity contribution in [1.82, 2.24) is 15.3 Å². The van der Waals surface area contributed by atoms with Crippen LogP contribution in [0.4, 0.5) is 17.3 Å². The number of rotatable bonds is 8. The molecule has 3 N–H and O–H groups in total. The average molecular weight is 379 g/mol. The Labute approximate surface area is 155 Å². The van der Waals surface area contributed by atoms with E-state index in [1.807, 2.05) is 6.92 Å². The lowest BCUT2D eigenvalue weighted by Crippen LogP contribution is -2.29. The molecule has 1 heterocycles. The van der Waals surface area contributed by atoms with E-state index in [0.29, 0.717) is 24.7 Å². The van der Waals surface area contributed by atoms with Crippen molar-refractivity contribution in [2.75, 3.05) is 30.3 Å². The zero-order valence-electron chi connectivity index (χ0n) is 14.4. The standard InChI is InChI=1S/C16H19ClN6O3/c1-3-18-14-9-15(22-10(2)21-14)19-6-7-20-16(24)12-5-4-11(23(25)26)8-13(12)17/h4-5,8-9H,3,6-7H2,1-2H3,(H,20,24)(H2,18,19,21,22). The Morgan fingerprint density at radius 3 is 2.50 bits per heavy atom. The minimum absolute atomic E-state index is 0.0337. The molecule has 0 aliphatic rings. The van der Waals surface area contributed by atoms with Gasteiger partial charge < -0.3 is 16.0 Å². The summed E-state index contributed by atoms with van der Waals surface area (Å²) in [5.74, 6) is 1.60. The van der Waals surface area contributed by atoms with Crippen LogP contribution in [0, 0.1) is 17.0 Å². The Morgan fingerprint density at radius 1 is 1.19 bits per heavy atom. The number of nitrogens with one attached hydrogen (secondary N) is 3. The molecule has 138 valence electrons. The third kappa shape index (κ3) is 5.28. The molecule has 1 aromatic heterocycles. The minimum Gasteiger partial charge on any atom is -0.370 e. The summed E-state index contributed by atoms with van der Waals surface area (Å²) in [4.78, 5) is 30.8. The van der Waals surface area contributed by atoms with Gasteiger partial charge in [0.1, 0.15) is 17.5 Å². The number of carbonyl (C=O) groups is 1. The van der Waals surface area contributed by atoms with Crippen molar-refractivity contribution in [3.63, 3.8) is 0 Å². The van der Waals surface area contributed by atoms with Gasteiger partial charge in [0, 0.05) is 37.8 Å². The summed E-state index contributed by atoms with van der Waals surface area (Å²) in [6.45, 7) is 5.29. The zero-order valence-corrected chi connectivity index (χ0v) is 15.1. The van der Waals surface area contributed by atoms with Crippen LogP contribution in [-0.4, -0.2) is 40.4 Å². The van der Waals surface area contributed by atoms with E-state index in [9.17, 15) is 14.9 Å². The van der Waals surface area contributed by atoms with Crippen LogP contribution in [0.5, 0.6) is 0 Å². The van der Waals surface area contributed by atoms with E-state index in [4.69, 9.17) is 11.6 Å². The summed E-state index contributed by atoms with van der Waals surface area (Å²) in [6, 6.07) is 5.51. The molecule has 0 spiro atoms. The topological polar surface area (TPSA) is 122 Å². The van der Waals surface area contributed by atoms with E-state index in [1.54, 1.807) is 13.0 Å². The first kappa shape index (κ1) is 19.4. The molecule has 0 bridgehead atoms. The molecule has 0 fully saturated rings. The van der Waals surface area contributed by atoms with Crippen molar-refractivity contribution in [2.45, 2.75) is 13.8 Å². The number of hydrogen-bond acceptors (Lipinski definition) is 7. The van der Waals surface area contributed by atoms with Crippen LogP contribution in [-0.2, 0) is 0 Å². The van der Waals surface area contributed by atoms with Gasteiger partial charge in [-0.1, -0.05) is 11.6 Å². The van der Waals surface area contributed by atoms with Crippen LogP contribution < -0.4 is 16.0 Å². The summed E-state index contributed by atoms with van der Waals surface area (Å²) >= 11 is 5.94. The normalized spacial score (nSPS) is 10.3. The molecule has 0 aliphatic heterocycles. The number of carbonyl (C=O) groups excluding carboxylic acids is 1. The number of nitro groups is 1. The highest BCUT2D eigenvalue weighted by molar-refractivity contribution is 6.34. The number of amides is 1. The van der Waals surface area contributed by atoms with Crippen LogP contribution >= 0.6 is 11.6 Å². The summed E-state index contributed by atoms with van der Waals surface area (Å²) in [5, 5.41) is 19.6. The second-order valence-electron chi connectivity index (χ2n) is 5.32. The first-order valence-corrected chi connectivity index (χ1v) is 8.34. The molecule has 2 rings (SSSR count). The fraction of sp³-hybridized carbons (Fsp3) is 0.312. The molecule has 0 radical (unpaired) electrons. The molecule has 10 heteroatoms. The predicted molar refractivity (Wildman–Crippen MR) is 99.9 cm³/mol. The number of aromatic nitrogens is 2. The van der Waals surface area contributed by atoms with Crippen LogP contribution in [0.3, 0.4) is 0 Å². The molecular weight excluding hydrogens is 360 g/mol. The number of halogens is 1. The molecule has 26 heavy (non-hydrogen) atoms. The summed E-state index contributed by atoms with van der Waals surface area (Å²) in [5.41, 5.74) is 0.0217. The second kappa shape index (κ2) is 8.95. The first-order valence-electron chi connectivity index (χ1n) is 7.96. The van der Waals surface area contributed by atoms with Gasteiger partial charge >= 0.3 is 0 Å². The third-order valence-corrected chi connectivity index (χ3v) is 3.63. The van der Waals surface area contributed by atoms with Crippen molar-refractivity contribution in [1.29, 1.82) is 0 Å². The molecule has 0 saturated heterocycles. The van der Waals surface area contributed by atoms with Crippen LogP contribution in [0.25, 0.3) is 0 Å². The number of benzene rings is 1. The molecule has 0 unspecified atom stereocenters. The Kier molecular flexibility index (Phi) is 6.67. The molecule has 0 saturated carbocycles. The maximum Gasteiger partial charge on any atom is 0.270 e. The van der Waals surface area contributed by atoms with Gasteiger partial charge in [-0.15, -0.1) is 0 Å². The highest BCUT2D eigenvalue weighted by atomic mass is 35.5. The third-order valence-electron chi connectivity index (χ3n) is 3.32. The predicted octanol–water partition coefficient (Wildman–Crippen LogP) is 2.62. The van der Waals surface area contributed by atoms with Gasteiger partial charge in [-0.25, -0.2) is 9.97 Å². The molecule has 1 aromatic carbocycles. The van der Waals surface area contributed by atoms with Gasteiger partial charge in [-0.05, 0) is 19.9 Å². The summed E-state index contributed by atoms with van der Waals surface area (Å²) in [7, 11) is 0. The largest absolute Gasteiger partial charge is 0.370 e. The lowest BCUT2D eigenvalue weighted by atomic mass is 10.2. The van der Waals surface area contributed by atoms with E-state index >= 15 is 0 Å². The number of nitrogens with zero attached hydrogens (tertiary/aromatic N) is 3. The number of nitro benzene ring substituents is 1. The molecule has 9 nitrogen and oxygen atoms in total. The summed E-state index contributed by atoms with van der Waals surface area (Å²) in [6.07, 6.45) is 0. The molecule has 1 amide bonds. The average Bonchev–Trinajstić information content (AvgIpc) is 2.58. The fourth-order valence-corrected chi connectivity index (χ4v) is 2.45. The van der Waals surface area contributed by atoms with Gasteiger partial charge in [0.25, 0.3) is 11.6 Å². The van der Waals surface area contributed by atoms with E-state index in [0.717, 1.165) is 18.4 Å². The zero-order chi connectivity index (χ0) is 19.1. The lowest BCUT2D eigenvalue weighted by Gasteiger charge is -2.10.